The summed E-state index contributed by atoms with van der Waals surface area (Å²) in [6, 6.07) is 6.51. The van der Waals surface area contributed by atoms with Crippen molar-refractivity contribution >= 4 is 41.4 Å². The van der Waals surface area contributed by atoms with Crippen molar-refractivity contribution < 1.29 is 65.9 Å². The first-order valence-electron chi connectivity index (χ1n) is 15.8. The molecule has 0 heterocycles. The predicted octanol–water partition coefficient (Wildman–Crippen LogP) is 4.28. The van der Waals surface area contributed by atoms with Gasteiger partial charge in [0.15, 0.2) is 17.5 Å². The van der Waals surface area contributed by atoms with Gasteiger partial charge in [0.2, 0.25) is 5.91 Å². The molecule has 6 N–H and O–H groups in total. The van der Waals surface area contributed by atoms with Gasteiger partial charge >= 0.3 is 30.1 Å². The van der Waals surface area contributed by atoms with Crippen molar-refractivity contribution in [3.05, 3.63) is 47.5 Å². The van der Waals surface area contributed by atoms with E-state index in [1.54, 1.807) is 47.6 Å². The maximum absolute atomic E-state index is 12.9. The summed E-state index contributed by atoms with van der Waals surface area (Å²) in [7, 11) is 0. The van der Waals surface area contributed by atoms with E-state index >= 15 is 0 Å². The number of guanidine groups is 1. The van der Waals surface area contributed by atoms with Crippen LogP contribution in [-0.2, 0) is 39.8 Å². The Morgan fingerprint density at radius 3 is 2.15 bits per heavy atom. The van der Waals surface area contributed by atoms with Crippen LogP contribution in [0, 0.1) is 5.41 Å². The highest BCUT2D eigenvalue weighted by Crippen LogP contribution is 2.31. The van der Waals surface area contributed by atoms with Crippen LogP contribution in [0.3, 0.4) is 0 Å². The number of aryl methyl sites for hydroxylation is 1. The third-order valence-corrected chi connectivity index (χ3v) is 6.20. The maximum atomic E-state index is 12.9. The van der Waals surface area contributed by atoms with E-state index in [1.807, 2.05) is 0 Å². The number of nitrogens with two attached hydrogens (primary N) is 1. The number of esters is 4. The number of anilines is 1. The molecule has 0 aromatic heterocycles. The minimum Gasteiger partial charge on any atom is -0.504 e. The summed E-state index contributed by atoms with van der Waals surface area (Å²) in [6.07, 6.45) is -5.93. The van der Waals surface area contributed by atoms with E-state index in [9.17, 15) is 42.3 Å². The summed E-state index contributed by atoms with van der Waals surface area (Å²) in [5, 5.41) is 22.8. The highest BCUT2D eigenvalue weighted by atomic mass is 19.4. The highest BCUT2D eigenvalue weighted by Gasteiger charge is 2.43. The molecule has 18 heteroatoms. The summed E-state index contributed by atoms with van der Waals surface area (Å²) >= 11 is 0. The number of hydrogen-bond acceptors (Lipinski definition) is 12. The Kier molecular flexibility index (Phi) is 14.8. The Morgan fingerprint density at radius 2 is 1.56 bits per heavy atom. The van der Waals surface area contributed by atoms with Gasteiger partial charge in [-0.3, -0.25) is 15.0 Å². The lowest BCUT2D eigenvalue weighted by molar-refractivity contribution is -0.193. The van der Waals surface area contributed by atoms with Crippen LogP contribution in [0.25, 0.3) is 0 Å². The highest BCUT2D eigenvalue weighted by molar-refractivity contribution is 6.01. The van der Waals surface area contributed by atoms with Crippen LogP contribution in [0.1, 0.15) is 76.7 Å². The van der Waals surface area contributed by atoms with Crippen molar-refractivity contribution in [1.82, 2.24) is 5.32 Å². The first-order valence-corrected chi connectivity index (χ1v) is 15.8. The molecule has 52 heavy (non-hydrogen) atoms. The fourth-order valence-electron chi connectivity index (χ4n) is 4.22. The van der Waals surface area contributed by atoms with Crippen LogP contribution in [0.2, 0.25) is 0 Å². The molecule has 2 rings (SSSR count). The van der Waals surface area contributed by atoms with Crippen LogP contribution < -0.4 is 25.8 Å². The van der Waals surface area contributed by atoms with Gasteiger partial charge < -0.3 is 45.2 Å². The summed E-state index contributed by atoms with van der Waals surface area (Å²) in [5.74, 6) is -7.49. The van der Waals surface area contributed by atoms with Gasteiger partial charge in [-0.2, -0.15) is 13.2 Å². The second-order valence-corrected chi connectivity index (χ2v) is 13.2. The molecular weight excluding hydrogens is 697 g/mol. The quantitative estimate of drug-likeness (QED) is 0.0430. The van der Waals surface area contributed by atoms with Crippen molar-refractivity contribution in [2.45, 2.75) is 90.6 Å². The SMILES string of the molecule is CC(C)(C)OC(=O)C[C@H](NC(=O)CCc1cccc(O)c1OCCCOc1cc(NC(=N)N)ccc1C(=O)OC(=O)C(F)(F)F)C(=O)OC(C)(C)C. The van der Waals surface area contributed by atoms with Gasteiger partial charge in [-0.15, -0.1) is 0 Å². The summed E-state index contributed by atoms with van der Waals surface area (Å²) in [5.41, 5.74) is 3.63. The Bertz CT molecular complexity index is 1630. The molecule has 15 nitrogen and oxygen atoms in total. The Hall–Kier alpha value is -5.55. The average Bonchev–Trinajstić information content (AvgIpc) is 2.98. The molecule has 2 aromatic carbocycles. The number of rotatable bonds is 15. The third kappa shape index (κ3) is 15.1. The van der Waals surface area contributed by atoms with Crippen molar-refractivity contribution in [3.8, 4) is 17.2 Å². The largest absolute Gasteiger partial charge is 0.504 e. The lowest BCUT2D eigenvalue weighted by Crippen LogP contribution is -2.46. The number of carbonyl (C=O) groups excluding carboxylic acids is 5. The number of carbonyl (C=O) groups is 5. The molecule has 0 aliphatic rings. The average molecular weight is 741 g/mol. The number of nitrogens with one attached hydrogen (secondary N) is 3. The molecule has 0 saturated carbocycles. The van der Waals surface area contributed by atoms with E-state index in [-0.39, 0.29) is 55.4 Å². The van der Waals surface area contributed by atoms with E-state index in [1.165, 1.54) is 18.2 Å². The summed E-state index contributed by atoms with van der Waals surface area (Å²) < 4.78 is 63.8. The molecule has 1 amide bonds. The standard InChI is InChI=1S/C34H43F3N4O11/c1-32(2,3)51-26(44)18-22(29(46)52-33(4,5)6)41-25(43)14-11-19-9-7-10-23(42)27(19)49-16-8-15-48-24-17-20(40-31(38)39)12-13-21(24)28(45)50-30(47)34(35,36)37/h7,9-10,12-13,17,22,42H,8,11,14-16,18H2,1-6H3,(H,41,43)(H4,38,39,40)/t22-/m0/s1. The van der Waals surface area contributed by atoms with Crippen LogP contribution >= 0.6 is 0 Å². The zero-order chi connectivity index (χ0) is 39.4. The molecule has 0 saturated heterocycles. The maximum Gasteiger partial charge on any atom is 0.491 e. The molecule has 1 atom stereocenters. The van der Waals surface area contributed by atoms with Gasteiger partial charge in [0, 0.05) is 24.6 Å². The number of amides is 1. The van der Waals surface area contributed by atoms with Crippen LogP contribution in [0.15, 0.2) is 36.4 Å². The van der Waals surface area contributed by atoms with Crippen LogP contribution in [0.4, 0.5) is 18.9 Å². The van der Waals surface area contributed by atoms with E-state index in [0.29, 0.717) is 5.56 Å². The lowest BCUT2D eigenvalue weighted by Gasteiger charge is -2.25. The smallest absolute Gasteiger partial charge is 0.491 e. The Labute approximate surface area is 297 Å². The van der Waals surface area contributed by atoms with Crippen molar-refractivity contribution in [2.24, 2.45) is 5.73 Å². The molecule has 0 fully saturated rings. The minimum absolute atomic E-state index is 0.0373. The van der Waals surface area contributed by atoms with Gasteiger partial charge in [-0.05, 0) is 71.7 Å². The Morgan fingerprint density at radius 1 is 0.923 bits per heavy atom. The number of para-hydroxylation sites is 1. The van der Waals surface area contributed by atoms with Crippen molar-refractivity contribution in [1.29, 1.82) is 5.41 Å². The lowest BCUT2D eigenvalue weighted by atomic mass is 10.1. The molecule has 286 valence electrons. The van der Waals surface area contributed by atoms with Gasteiger partial charge in [-0.1, -0.05) is 12.1 Å². The van der Waals surface area contributed by atoms with Gasteiger partial charge in [0.1, 0.15) is 28.6 Å². The molecule has 2 aromatic rings. The zero-order valence-corrected chi connectivity index (χ0v) is 29.5. The third-order valence-electron chi connectivity index (χ3n) is 6.20. The van der Waals surface area contributed by atoms with E-state index in [4.69, 9.17) is 30.1 Å². The summed E-state index contributed by atoms with van der Waals surface area (Å²) in [4.78, 5) is 61.7. The zero-order valence-electron chi connectivity index (χ0n) is 29.5. The number of ether oxygens (including phenoxy) is 5. The number of phenolic OH excluding ortho intramolecular Hbond substituents is 1. The first kappa shape index (κ1) is 42.6. The Balaban J connectivity index is 2.08. The van der Waals surface area contributed by atoms with E-state index < -0.39 is 71.1 Å². The monoisotopic (exact) mass is 740 g/mol. The van der Waals surface area contributed by atoms with Crippen LogP contribution in [0.5, 0.6) is 17.2 Å². The predicted molar refractivity (Wildman–Crippen MR) is 179 cm³/mol. The fraction of sp³-hybridized carbons (Fsp3) is 0.471. The minimum atomic E-state index is -5.42. The molecule has 0 aliphatic carbocycles. The van der Waals surface area contributed by atoms with E-state index in [0.717, 1.165) is 12.1 Å². The number of hydrogen-bond donors (Lipinski definition) is 5. The van der Waals surface area contributed by atoms with E-state index in [2.05, 4.69) is 15.4 Å². The molecule has 0 spiro atoms. The van der Waals surface area contributed by atoms with Gasteiger partial charge in [0.25, 0.3) is 0 Å². The van der Waals surface area contributed by atoms with Crippen LogP contribution in [-0.4, -0.2) is 77.5 Å². The number of benzene rings is 2. The molecule has 0 aliphatic heterocycles. The number of phenols is 1. The van der Waals surface area contributed by atoms with Crippen molar-refractivity contribution in [3.63, 3.8) is 0 Å². The normalized spacial score (nSPS) is 12.2. The van der Waals surface area contributed by atoms with Gasteiger partial charge in [0.05, 0.1) is 19.6 Å². The first-order chi connectivity index (χ1) is 23.9. The topological polar surface area (TPSA) is 226 Å². The molecule has 0 unspecified atom stereocenters. The molecule has 0 bridgehead atoms. The molecule has 0 radical (unpaired) electrons. The second kappa shape index (κ2) is 18.1. The summed E-state index contributed by atoms with van der Waals surface area (Å²) in [6.45, 7) is 9.61. The second-order valence-electron chi connectivity index (χ2n) is 13.2. The molecular formula is C34H43F3N4O11. The number of alkyl halides is 3. The number of aromatic hydroxyl groups is 1. The van der Waals surface area contributed by atoms with Crippen molar-refractivity contribution in [2.75, 3.05) is 18.5 Å². The fourth-order valence-corrected chi connectivity index (χ4v) is 4.22. The number of halogens is 3. The van der Waals surface area contributed by atoms with Gasteiger partial charge in [-0.25, -0.2) is 14.4 Å².